The molecule has 0 aliphatic heterocycles. The van der Waals surface area contributed by atoms with Gasteiger partial charge >= 0.3 is 10.3 Å². The Morgan fingerprint density at radius 2 is 1.57 bits per heavy atom. The van der Waals surface area contributed by atoms with E-state index in [1.165, 1.54) is 43.4 Å². The van der Waals surface area contributed by atoms with Gasteiger partial charge in [-0.1, -0.05) is 29.8 Å². The maximum atomic E-state index is 12.6. The molecule has 0 radical (unpaired) electrons. The van der Waals surface area contributed by atoms with Crippen molar-refractivity contribution in [1.82, 2.24) is 10.0 Å². The molecule has 0 aliphatic carbocycles. The Kier molecular flexibility index (Phi) is 6.77. The Morgan fingerprint density at radius 1 is 1.00 bits per heavy atom. The number of anilines is 1. The summed E-state index contributed by atoms with van der Waals surface area (Å²) in [5, 5.41) is 2.42. The van der Waals surface area contributed by atoms with Crippen LogP contribution >= 0.6 is 0 Å². The van der Waals surface area contributed by atoms with E-state index in [0.29, 0.717) is 5.56 Å². The predicted molar refractivity (Wildman–Crippen MR) is 105 cm³/mol. The number of aryl methyl sites for hydroxylation is 1. The fourth-order valence-corrected chi connectivity index (χ4v) is 4.06. The van der Waals surface area contributed by atoms with Crippen LogP contribution in [-0.2, 0) is 31.5 Å². The van der Waals surface area contributed by atoms with Gasteiger partial charge in [-0.2, -0.15) is 13.1 Å². The molecule has 0 heterocycles. The molecule has 0 unspecified atom stereocenters. The minimum Gasteiger partial charge on any atom is -0.358 e. The van der Waals surface area contributed by atoms with Crippen molar-refractivity contribution in [3.63, 3.8) is 0 Å². The smallest absolute Gasteiger partial charge is 0.357 e. The summed E-state index contributed by atoms with van der Waals surface area (Å²) in [6, 6.07) is 11.0. The third-order valence-electron chi connectivity index (χ3n) is 3.83. The molecule has 1 atom stereocenters. The van der Waals surface area contributed by atoms with Crippen LogP contribution in [0.3, 0.4) is 0 Å². The molecule has 2 rings (SSSR count). The molecular weight excluding hydrogens is 406 g/mol. The standard InChI is InChI=1S/C17H21N3O6S2/c1-12-3-9-15(10-4-12)27(22,23)20-16(17(21)18-2)11-13-5-7-14(8-6-13)19-28(24,25)26/h3-10,16,19-20H,11H2,1-2H3,(H,18,21)(H,24,25,26)/t16-/m0/s1. The number of likely N-dealkylation sites (N-methyl/N-ethyl adjacent to an activating group) is 1. The van der Waals surface area contributed by atoms with Crippen LogP contribution in [0.2, 0.25) is 0 Å². The predicted octanol–water partition coefficient (Wildman–Crippen LogP) is 0.845. The van der Waals surface area contributed by atoms with Gasteiger partial charge in [0.15, 0.2) is 0 Å². The van der Waals surface area contributed by atoms with E-state index in [0.717, 1.165) is 5.56 Å². The van der Waals surface area contributed by atoms with Gasteiger partial charge in [0.05, 0.1) is 10.6 Å². The van der Waals surface area contributed by atoms with Crippen molar-refractivity contribution in [3.8, 4) is 0 Å². The summed E-state index contributed by atoms with van der Waals surface area (Å²) >= 11 is 0. The Bertz CT molecular complexity index is 1030. The number of rotatable bonds is 8. The largest absolute Gasteiger partial charge is 0.358 e. The number of amides is 1. The second-order valence-corrected chi connectivity index (χ2v) is 8.95. The highest BCUT2D eigenvalue weighted by molar-refractivity contribution is 7.89. The summed E-state index contributed by atoms with van der Waals surface area (Å²) in [5.74, 6) is -0.518. The normalized spacial score (nSPS) is 13.0. The number of nitrogens with one attached hydrogen (secondary N) is 3. The minimum absolute atomic E-state index is 0.0386. The highest BCUT2D eigenvalue weighted by Crippen LogP contribution is 2.15. The van der Waals surface area contributed by atoms with Crippen LogP contribution in [0.5, 0.6) is 0 Å². The zero-order chi connectivity index (χ0) is 20.9. The highest BCUT2D eigenvalue weighted by Gasteiger charge is 2.25. The van der Waals surface area contributed by atoms with Crippen LogP contribution in [0.4, 0.5) is 5.69 Å². The van der Waals surface area contributed by atoms with Crippen molar-refractivity contribution >= 4 is 31.9 Å². The van der Waals surface area contributed by atoms with Gasteiger partial charge in [-0.25, -0.2) is 8.42 Å². The lowest BCUT2D eigenvalue weighted by Crippen LogP contribution is -2.46. The van der Waals surface area contributed by atoms with E-state index in [4.69, 9.17) is 4.55 Å². The summed E-state index contributed by atoms with van der Waals surface area (Å²) in [6.07, 6.45) is 0.0386. The van der Waals surface area contributed by atoms with Gasteiger partial charge < -0.3 is 5.32 Å². The van der Waals surface area contributed by atoms with Crippen molar-refractivity contribution in [2.75, 3.05) is 11.8 Å². The van der Waals surface area contributed by atoms with Crippen LogP contribution in [0.25, 0.3) is 0 Å². The van der Waals surface area contributed by atoms with Gasteiger partial charge in [0.1, 0.15) is 6.04 Å². The summed E-state index contributed by atoms with van der Waals surface area (Å²) in [4.78, 5) is 12.2. The van der Waals surface area contributed by atoms with E-state index in [-0.39, 0.29) is 17.0 Å². The molecule has 2 aromatic rings. The lowest BCUT2D eigenvalue weighted by Gasteiger charge is -2.18. The van der Waals surface area contributed by atoms with Crippen LogP contribution in [0, 0.1) is 6.92 Å². The number of sulfonamides is 1. The molecule has 28 heavy (non-hydrogen) atoms. The van der Waals surface area contributed by atoms with Gasteiger partial charge in [0, 0.05) is 7.05 Å². The number of carbonyl (C=O) groups is 1. The van der Waals surface area contributed by atoms with E-state index in [2.05, 4.69) is 10.0 Å². The van der Waals surface area contributed by atoms with Gasteiger partial charge in [0.25, 0.3) is 0 Å². The molecule has 4 N–H and O–H groups in total. The SMILES string of the molecule is CNC(=O)[C@H](Cc1ccc(NS(=O)(=O)O)cc1)NS(=O)(=O)c1ccc(C)cc1. The third kappa shape index (κ3) is 6.30. The van der Waals surface area contributed by atoms with E-state index < -0.39 is 32.3 Å². The summed E-state index contributed by atoms with van der Waals surface area (Å²) < 4.78 is 59.9. The van der Waals surface area contributed by atoms with E-state index >= 15 is 0 Å². The first-order valence-electron chi connectivity index (χ1n) is 8.15. The summed E-state index contributed by atoms with van der Waals surface area (Å²) in [7, 11) is -6.92. The average Bonchev–Trinajstić information content (AvgIpc) is 2.61. The maximum absolute atomic E-state index is 12.6. The molecule has 2 aromatic carbocycles. The quantitative estimate of drug-likeness (QED) is 0.460. The average molecular weight is 428 g/mol. The fraction of sp³-hybridized carbons (Fsp3) is 0.235. The van der Waals surface area contributed by atoms with E-state index in [1.807, 2.05) is 11.6 Å². The van der Waals surface area contributed by atoms with Crippen LogP contribution in [-0.4, -0.2) is 40.4 Å². The van der Waals surface area contributed by atoms with E-state index in [9.17, 15) is 21.6 Å². The number of hydrogen-bond donors (Lipinski definition) is 4. The van der Waals surface area contributed by atoms with Crippen LogP contribution in [0.1, 0.15) is 11.1 Å². The molecule has 11 heteroatoms. The van der Waals surface area contributed by atoms with Gasteiger partial charge in [0.2, 0.25) is 15.9 Å². The first kappa shape index (κ1) is 21.8. The monoisotopic (exact) mass is 427 g/mol. The molecule has 0 spiro atoms. The molecule has 0 aromatic heterocycles. The lowest BCUT2D eigenvalue weighted by molar-refractivity contribution is -0.122. The molecule has 0 bridgehead atoms. The van der Waals surface area contributed by atoms with Crippen molar-refractivity contribution in [1.29, 1.82) is 0 Å². The number of hydrogen-bond acceptors (Lipinski definition) is 5. The molecular formula is C17H21N3O6S2. The van der Waals surface area contributed by atoms with Crippen LogP contribution in [0.15, 0.2) is 53.4 Å². The highest BCUT2D eigenvalue weighted by atomic mass is 32.2. The Labute approximate surface area is 164 Å². The van der Waals surface area contributed by atoms with Crippen molar-refractivity contribution < 1.29 is 26.2 Å². The van der Waals surface area contributed by atoms with Gasteiger partial charge in [-0.3, -0.25) is 14.1 Å². The van der Waals surface area contributed by atoms with E-state index in [1.54, 1.807) is 12.1 Å². The molecule has 9 nitrogen and oxygen atoms in total. The van der Waals surface area contributed by atoms with Crippen molar-refractivity contribution in [2.45, 2.75) is 24.3 Å². The van der Waals surface area contributed by atoms with Crippen LogP contribution < -0.4 is 14.8 Å². The summed E-state index contributed by atoms with van der Waals surface area (Å²) in [6.45, 7) is 1.83. The topological polar surface area (TPSA) is 142 Å². The molecule has 0 fully saturated rings. The summed E-state index contributed by atoms with van der Waals surface area (Å²) in [5.41, 5.74) is 1.62. The van der Waals surface area contributed by atoms with Crippen molar-refractivity contribution in [2.24, 2.45) is 0 Å². The Balaban J connectivity index is 2.20. The Hall–Kier alpha value is -2.47. The molecule has 0 saturated carbocycles. The van der Waals surface area contributed by atoms with Gasteiger partial charge in [-0.05, 0) is 43.2 Å². The molecule has 0 saturated heterocycles. The number of carbonyl (C=O) groups excluding carboxylic acids is 1. The zero-order valence-electron chi connectivity index (χ0n) is 15.2. The first-order valence-corrected chi connectivity index (χ1v) is 11.1. The molecule has 0 aliphatic rings. The lowest BCUT2D eigenvalue weighted by atomic mass is 10.1. The third-order valence-corrected chi connectivity index (χ3v) is 5.81. The molecule has 1 amide bonds. The second kappa shape index (κ2) is 8.69. The van der Waals surface area contributed by atoms with Gasteiger partial charge in [-0.15, -0.1) is 0 Å². The maximum Gasteiger partial charge on any atom is 0.357 e. The second-order valence-electron chi connectivity index (χ2n) is 6.08. The zero-order valence-corrected chi connectivity index (χ0v) is 16.8. The number of benzene rings is 2. The minimum atomic E-state index is -4.39. The Morgan fingerprint density at radius 3 is 2.07 bits per heavy atom. The fourth-order valence-electron chi connectivity index (χ4n) is 2.43. The van der Waals surface area contributed by atoms with Crippen molar-refractivity contribution in [3.05, 3.63) is 59.7 Å². The molecule has 152 valence electrons. The first-order chi connectivity index (χ1) is 13.0.